The molecule has 0 aliphatic heterocycles. The highest BCUT2D eigenvalue weighted by Crippen LogP contribution is 2.61. The van der Waals surface area contributed by atoms with Crippen molar-refractivity contribution in [2.45, 2.75) is 79.1 Å². The molecule has 0 saturated heterocycles. The van der Waals surface area contributed by atoms with Gasteiger partial charge < -0.3 is 0 Å². The Hall–Kier alpha value is 0. The highest BCUT2D eigenvalue weighted by Gasteiger charge is 2.53. The Kier molecular flexibility index (Phi) is 4.10. The van der Waals surface area contributed by atoms with Gasteiger partial charge in [-0.05, 0) is 91.3 Å². The number of rotatable bonds is 0. The molecule has 0 heterocycles. The number of hydrogen-bond donors (Lipinski definition) is 0. The van der Waals surface area contributed by atoms with Gasteiger partial charge in [-0.1, -0.05) is 47.0 Å². The fraction of sp³-hybridized carbons (Fsp3) is 1.00. The van der Waals surface area contributed by atoms with Gasteiger partial charge in [-0.25, -0.2) is 0 Å². The van der Waals surface area contributed by atoms with Gasteiger partial charge in [0, 0.05) is 0 Å². The van der Waals surface area contributed by atoms with Crippen LogP contribution in [0.4, 0.5) is 0 Å². The average molecular weight is 303 g/mol. The molecule has 0 radical (unpaired) electrons. The van der Waals surface area contributed by atoms with Crippen molar-refractivity contribution in [1.82, 2.24) is 0 Å². The fourth-order valence-electron chi connectivity index (χ4n) is 8.01. The van der Waals surface area contributed by atoms with E-state index in [1.165, 1.54) is 19.3 Å². The first-order chi connectivity index (χ1) is 10.6. The topological polar surface area (TPSA) is 0 Å². The lowest BCUT2D eigenvalue weighted by atomic mass is 9.46. The maximum atomic E-state index is 2.62. The van der Waals surface area contributed by atoms with Crippen molar-refractivity contribution in [3.8, 4) is 0 Å². The molecule has 0 aromatic rings. The maximum Gasteiger partial charge on any atom is -0.0326 e. The molecule has 0 aromatic carbocycles. The molecule has 0 aromatic heterocycles. The SMILES string of the molecule is CC1CCC2C(C1)C(C)CC1C2CC(C)C2CCCC(C)C21. The zero-order chi connectivity index (χ0) is 15.4. The standard InChI is InChI=1S/C22H38/c1-13-8-9-18-19(10-13)16(4)12-21-20(18)11-15(3)17-7-5-6-14(2)22(17)21/h13-22H,5-12H2,1-4H3. The van der Waals surface area contributed by atoms with E-state index in [9.17, 15) is 0 Å². The Balaban J connectivity index is 1.62. The second-order valence-electron chi connectivity index (χ2n) is 10.1. The number of hydrogen-bond acceptors (Lipinski definition) is 0. The quantitative estimate of drug-likeness (QED) is 0.485. The Morgan fingerprint density at radius 1 is 0.500 bits per heavy atom. The van der Waals surface area contributed by atoms with Crippen LogP contribution in [0.1, 0.15) is 79.1 Å². The highest BCUT2D eigenvalue weighted by molar-refractivity contribution is 5.02. The van der Waals surface area contributed by atoms with Crippen molar-refractivity contribution in [3.63, 3.8) is 0 Å². The van der Waals surface area contributed by atoms with E-state index in [0.717, 1.165) is 59.2 Å². The number of fused-ring (bicyclic) bond motifs is 5. The molecule has 0 nitrogen and oxygen atoms in total. The molecule has 4 aliphatic carbocycles. The summed E-state index contributed by atoms with van der Waals surface area (Å²) in [5.74, 6) is 10.6. The van der Waals surface area contributed by atoms with Gasteiger partial charge in [-0.2, -0.15) is 0 Å². The van der Waals surface area contributed by atoms with Crippen molar-refractivity contribution in [3.05, 3.63) is 0 Å². The lowest BCUT2D eigenvalue weighted by Gasteiger charge is -2.59. The summed E-state index contributed by atoms with van der Waals surface area (Å²) in [6.45, 7) is 10.3. The van der Waals surface area contributed by atoms with Crippen LogP contribution in [0.3, 0.4) is 0 Å². The molecule has 4 fully saturated rings. The Morgan fingerprint density at radius 2 is 1.23 bits per heavy atom. The monoisotopic (exact) mass is 302 g/mol. The van der Waals surface area contributed by atoms with Crippen LogP contribution in [0.5, 0.6) is 0 Å². The van der Waals surface area contributed by atoms with E-state index in [-0.39, 0.29) is 0 Å². The molecular weight excluding hydrogens is 264 g/mol. The van der Waals surface area contributed by atoms with E-state index in [4.69, 9.17) is 0 Å². The van der Waals surface area contributed by atoms with Crippen molar-refractivity contribution >= 4 is 0 Å². The molecule has 10 unspecified atom stereocenters. The summed E-state index contributed by atoms with van der Waals surface area (Å²) >= 11 is 0. The predicted octanol–water partition coefficient (Wildman–Crippen LogP) is 6.40. The van der Waals surface area contributed by atoms with Gasteiger partial charge in [0.1, 0.15) is 0 Å². The smallest absolute Gasteiger partial charge is 0.0326 e. The summed E-state index contributed by atoms with van der Waals surface area (Å²) in [6, 6.07) is 0. The van der Waals surface area contributed by atoms with Crippen molar-refractivity contribution in [1.29, 1.82) is 0 Å². The molecule has 0 heteroatoms. The average Bonchev–Trinajstić information content (AvgIpc) is 2.49. The van der Waals surface area contributed by atoms with Crippen LogP contribution in [0.15, 0.2) is 0 Å². The first-order valence-electron chi connectivity index (χ1n) is 10.6. The molecule has 0 N–H and O–H groups in total. The second kappa shape index (κ2) is 5.82. The fourth-order valence-corrected chi connectivity index (χ4v) is 8.01. The second-order valence-corrected chi connectivity index (χ2v) is 10.1. The Bertz CT molecular complexity index is 399. The third kappa shape index (κ3) is 2.39. The first kappa shape index (κ1) is 15.5. The van der Waals surface area contributed by atoms with E-state index in [0.29, 0.717) is 0 Å². The molecular formula is C22H38. The van der Waals surface area contributed by atoms with E-state index in [1.807, 2.05) is 0 Å². The third-order valence-electron chi connectivity index (χ3n) is 8.91. The third-order valence-corrected chi connectivity index (χ3v) is 8.91. The molecule has 126 valence electrons. The molecule has 0 spiro atoms. The van der Waals surface area contributed by atoms with Crippen molar-refractivity contribution in [2.75, 3.05) is 0 Å². The molecule has 4 saturated carbocycles. The maximum absolute atomic E-state index is 2.62. The van der Waals surface area contributed by atoms with Gasteiger partial charge in [-0.3, -0.25) is 0 Å². The lowest BCUT2D eigenvalue weighted by molar-refractivity contribution is -0.105. The summed E-state index contributed by atoms with van der Waals surface area (Å²) in [5, 5.41) is 0. The lowest BCUT2D eigenvalue weighted by Crippen LogP contribution is -2.52. The molecule has 0 bridgehead atoms. The van der Waals surface area contributed by atoms with Gasteiger partial charge in [0.05, 0.1) is 0 Å². The Morgan fingerprint density at radius 3 is 2.05 bits per heavy atom. The van der Waals surface area contributed by atoms with E-state index in [1.54, 1.807) is 32.1 Å². The Labute approximate surface area is 138 Å². The zero-order valence-electron chi connectivity index (χ0n) is 15.4. The normalized spacial score (nSPS) is 58.4. The molecule has 4 aliphatic rings. The van der Waals surface area contributed by atoms with Gasteiger partial charge in [0.2, 0.25) is 0 Å². The summed E-state index contributed by atoms with van der Waals surface area (Å²) < 4.78 is 0. The minimum absolute atomic E-state index is 1.00. The van der Waals surface area contributed by atoms with E-state index >= 15 is 0 Å². The van der Waals surface area contributed by atoms with E-state index < -0.39 is 0 Å². The van der Waals surface area contributed by atoms with Crippen LogP contribution < -0.4 is 0 Å². The molecule has 10 atom stereocenters. The minimum Gasteiger partial charge on any atom is -0.0625 e. The van der Waals surface area contributed by atoms with Crippen molar-refractivity contribution in [2.24, 2.45) is 59.2 Å². The van der Waals surface area contributed by atoms with Gasteiger partial charge in [-0.15, -0.1) is 0 Å². The molecule has 0 amide bonds. The highest BCUT2D eigenvalue weighted by atomic mass is 14.6. The zero-order valence-corrected chi connectivity index (χ0v) is 15.4. The van der Waals surface area contributed by atoms with Crippen LogP contribution >= 0.6 is 0 Å². The summed E-state index contributed by atoms with van der Waals surface area (Å²) in [4.78, 5) is 0. The summed E-state index contributed by atoms with van der Waals surface area (Å²) in [7, 11) is 0. The largest absolute Gasteiger partial charge is 0.0625 e. The van der Waals surface area contributed by atoms with Crippen LogP contribution in [0.2, 0.25) is 0 Å². The summed E-state index contributed by atoms with van der Waals surface area (Å²) in [5.41, 5.74) is 0. The van der Waals surface area contributed by atoms with Crippen LogP contribution in [-0.4, -0.2) is 0 Å². The van der Waals surface area contributed by atoms with E-state index in [2.05, 4.69) is 27.7 Å². The predicted molar refractivity (Wildman–Crippen MR) is 94.5 cm³/mol. The first-order valence-corrected chi connectivity index (χ1v) is 10.6. The van der Waals surface area contributed by atoms with Gasteiger partial charge in [0.15, 0.2) is 0 Å². The minimum atomic E-state index is 1.00. The van der Waals surface area contributed by atoms with Gasteiger partial charge >= 0.3 is 0 Å². The summed E-state index contributed by atoms with van der Waals surface area (Å²) in [6.07, 6.45) is 12.4. The van der Waals surface area contributed by atoms with Crippen LogP contribution in [-0.2, 0) is 0 Å². The molecule has 22 heavy (non-hydrogen) atoms. The van der Waals surface area contributed by atoms with Crippen LogP contribution in [0.25, 0.3) is 0 Å². The van der Waals surface area contributed by atoms with Gasteiger partial charge in [0.25, 0.3) is 0 Å². The molecule has 4 rings (SSSR count). The van der Waals surface area contributed by atoms with Crippen molar-refractivity contribution < 1.29 is 0 Å². The van der Waals surface area contributed by atoms with Crippen LogP contribution in [0, 0.1) is 59.2 Å².